The van der Waals surface area contributed by atoms with Crippen LogP contribution in [0.25, 0.3) is 0 Å². The second kappa shape index (κ2) is 84.0. The first kappa shape index (κ1) is 90.2. The third-order valence-corrected chi connectivity index (χ3v) is 0. The first-order chi connectivity index (χ1) is 20.8. The van der Waals surface area contributed by atoms with E-state index in [9.17, 15) is 0 Å². The Kier molecular flexibility index (Phi) is 152. The van der Waals surface area contributed by atoms with Crippen molar-refractivity contribution in [2.75, 3.05) is 0 Å². The molecular weight excluding hydrogens is 766 g/mol. The van der Waals surface area contributed by atoms with Crippen LogP contribution in [-0.4, -0.2) is 186 Å². The zero-order valence-corrected chi connectivity index (χ0v) is 27.6. The van der Waals surface area contributed by atoms with Gasteiger partial charge in [-0.05, 0) is 6.16 Å². The van der Waals surface area contributed by atoms with Gasteiger partial charge in [-0.2, -0.15) is 0 Å². The van der Waals surface area contributed by atoms with Crippen LogP contribution in [0.5, 0.6) is 0 Å². The van der Waals surface area contributed by atoms with Crippen LogP contribution in [-0.2, 0) is 0 Å². The first-order valence-electron chi connectivity index (χ1n) is 7.78. The molecule has 0 saturated heterocycles. The normalized spacial score (nSPS) is 5.76. The fraction of sp³-hybridized carbons (Fsp3) is 0. The third-order valence-electron chi connectivity index (χ3n) is 0. The van der Waals surface area contributed by atoms with Crippen LogP contribution in [0.1, 0.15) is 0 Å². The molecule has 0 aromatic heterocycles. The average Bonchev–Trinajstić information content (AvgIpc) is 2.61. The standard InChI is InChI=1S/12CH2O3.2Na/c12*2-1(3)4;;/h12*(H2,2,3,4);;/q;;;;;;;;;;;;2*+1/p-2. The van der Waals surface area contributed by atoms with Gasteiger partial charge in [0.2, 0.25) is 0 Å². The van der Waals surface area contributed by atoms with Gasteiger partial charge >= 0.3 is 127 Å². The molecule has 22 N–H and O–H groups in total. The molecular formula is C12H22Na2O36. The third kappa shape index (κ3) is 1460. The van der Waals surface area contributed by atoms with E-state index in [4.69, 9.17) is 180 Å². The van der Waals surface area contributed by atoms with E-state index < -0.39 is 73.9 Å². The zero-order valence-electron chi connectivity index (χ0n) is 23.6. The maximum atomic E-state index is 8.56. The largest absolute Gasteiger partial charge is 1.00 e. The number of hydrogen-bond donors (Lipinski definition) is 22. The van der Waals surface area contributed by atoms with Gasteiger partial charge in [0.1, 0.15) is 0 Å². The van der Waals surface area contributed by atoms with Gasteiger partial charge in [-0.1, -0.05) is 0 Å². The van der Waals surface area contributed by atoms with Crippen molar-refractivity contribution in [1.29, 1.82) is 0 Å². The molecule has 0 aromatic carbocycles. The molecule has 0 saturated carbocycles. The Bertz CT molecular complexity index is 585. The summed E-state index contributed by atoms with van der Waals surface area (Å²) in [5.74, 6) is 0. The van der Waals surface area contributed by atoms with Crippen molar-refractivity contribution >= 4 is 73.9 Å². The molecule has 0 atom stereocenters. The van der Waals surface area contributed by atoms with Crippen LogP contribution in [0.15, 0.2) is 0 Å². The minimum absolute atomic E-state index is 0. The van der Waals surface area contributed by atoms with E-state index in [-0.39, 0.29) is 59.1 Å². The van der Waals surface area contributed by atoms with Gasteiger partial charge in [0.25, 0.3) is 0 Å². The number of carbonyl (C=O) groups excluding carboxylic acids is 1. The second-order valence-electron chi connectivity index (χ2n) is 3.36. The smallest absolute Gasteiger partial charge is 0.652 e. The number of hydrogen-bond acceptors (Lipinski definition) is 14. The second-order valence-corrected chi connectivity index (χ2v) is 3.36. The monoisotopic (exact) mass is 788 g/mol. The molecule has 0 aliphatic carbocycles. The van der Waals surface area contributed by atoms with Crippen molar-refractivity contribution in [3.63, 3.8) is 0 Å². The van der Waals surface area contributed by atoms with E-state index in [2.05, 4.69) is 0 Å². The fourth-order valence-corrected chi connectivity index (χ4v) is 0. The Balaban J connectivity index is -0.0000000235. The number of carboxylic acid groups (broad SMARTS) is 24. The summed E-state index contributed by atoms with van der Waals surface area (Å²) in [7, 11) is 0. The Hall–Kier alpha value is -6.76. The predicted octanol–water partition coefficient (Wildman–Crippen LogP) is -5.99. The van der Waals surface area contributed by atoms with Crippen LogP contribution in [0.2, 0.25) is 0 Å². The molecule has 0 heterocycles. The summed E-state index contributed by atoms with van der Waals surface area (Å²) in [6.45, 7) is 0. The molecule has 38 heteroatoms. The van der Waals surface area contributed by atoms with Gasteiger partial charge in [0.15, 0.2) is 0 Å². The summed E-state index contributed by atoms with van der Waals surface area (Å²) < 4.78 is 0. The molecule has 0 aromatic rings. The van der Waals surface area contributed by atoms with Gasteiger partial charge in [-0.3, -0.25) is 0 Å². The molecule has 0 unspecified atom stereocenters. The minimum Gasteiger partial charge on any atom is -0.652 e. The molecule has 0 bridgehead atoms. The van der Waals surface area contributed by atoms with E-state index in [1.165, 1.54) is 0 Å². The van der Waals surface area contributed by atoms with E-state index in [1.54, 1.807) is 0 Å². The van der Waals surface area contributed by atoms with Gasteiger partial charge in [0.05, 0.1) is 0 Å². The summed E-state index contributed by atoms with van der Waals surface area (Å²) in [5.41, 5.74) is 0. The SMILES string of the molecule is O=C(O)O.O=C(O)O.O=C(O)O.O=C(O)O.O=C(O)O.O=C(O)O.O=C(O)O.O=C(O)O.O=C(O)O.O=C(O)O.O=C(O)O.O=C([O-])[O-].[Na+].[Na+]. The zero-order chi connectivity index (χ0) is 42.9. The average molecular weight is 788 g/mol. The molecule has 50 heavy (non-hydrogen) atoms. The van der Waals surface area contributed by atoms with E-state index in [1.807, 2.05) is 0 Å². The molecule has 0 radical (unpaired) electrons. The summed E-state index contributed by atoms with van der Waals surface area (Å²) >= 11 is 0. The molecule has 288 valence electrons. The van der Waals surface area contributed by atoms with E-state index in [0.717, 1.165) is 0 Å². The summed E-state index contributed by atoms with van der Waals surface area (Å²) in [5, 5.41) is 170. The topological polar surface area (TPSA) is 696 Å². The van der Waals surface area contributed by atoms with Crippen LogP contribution in [0.3, 0.4) is 0 Å². The van der Waals surface area contributed by atoms with E-state index >= 15 is 0 Å². The van der Waals surface area contributed by atoms with Gasteiger partial charge < -0.3 is 127 Å². The molecule has 0 amide bonds. The maximum absolute atomic E-state index is 8.56. The van der Waals surface area contributed by atoms with Crippen LogP contribution in [0, 0.1) is 0 Å². The van der Waals surface area contributed by atoms with Gasteiger partial charge in [-0.15, -0.1) is 0 Å². The Morgan fingerprint density at radius 3 is 0.200 bits per heavy atom. The summed E-state index contributed by atoms with van der Waals surface area (Å²) in [6.07, 6.45) is -22.5. The van der Waals surface area contributed by atoms with Crippen LogP contribution in [0.4, 0.5) is 57.5 Å². The molecule has 0 rings (SSSR count). The summed E-state index contributed by atoms with van der Waals surface area (Å²) in [6, 6.07) is 0. The van der Waals surface area contributed by atoms with Crippen molar-refractivity contribution in [2.24, 2.45) is 0 Å². The summed E-state index contributed by atoms with van der Waals surface area (Å²) in [4.78, 5) is 102. The molecule has 0 fully saturated rings. The predicted molar refractivity (Wildman–Crippen MR) is 123 cm³/mol. The Labute approximate surface area is 312 Å². The number of carbonyl (C=O) groups is 12. The Morgan fingerprint density at radius 1 is 0.200 bits per heavy atom. The van der Waals surface area contributed by atoms with Crippen LogP contribution >= 0.6 is 0 Å². The van der Waals surface area contributed by atoms with Gasteiger partial charge in [-0.25, -0.2) is 52.7 Å². The quantitative estimate of drug-likeness (QED) is 0.102. The van der Waals surface area contributed by atoms with Crippen molar-refractivity contribution in [1.82, 2.24) is 0 Å². The van der Waals surface area contributed by atoms with Crippen molar-refractivity contribution in [3.8, 4) is 0 Å². The Morgan fingerprint density at radius 2 is 0.200 bits per heavy atom. The van der Waals surface area contributed by atoms with Crippen molar-refractivity contribution in [3.05, 3.63) is 0 Å². The molecule has 0 aliphatic rings. The fourth-order valence-electron chi connectivity index (χ4n) is 0. The van der Waals surface area contributed by atoms with Crippen LogP contribution < -0.4 is 69.3 Å². The molecule has 0 spiro atoms. The van der Waals surface area contributed by atoms with E-state index in [0.29, 0.717) is 0 Å². The molecule has 0 aliphatic heterocycles. The van der Waals surface area contributed by atoms with Crippen molar-refractivity contribution in [2.45, 2.75) is 0 Å². The minimum atomic E-state index is -2.33. The first-order valence-corrected chi connectivity index (χ1v) is 7.78. The van der Waals surface area contributed by atoms with Crippen molar-refractivity contribution < 1.29 is 239 Å². The maximum Gasteiger partial charge on any atom is 1.00 e. The van der Waals surface area contributed by atoms with Gasteiger partial charge in [0, 0.05) is 0 Å². The number of rotatable bonds is 0. The molecule has 36 nitrogen and oxygen atoms in total.